The molecule has 1 aromatic rings. The van der Waals surface area contributed by atoms with Gasteiger partial charge in [-0.3, -0.25) is 0 Å². The molecule has 1 aromatic carbocycles. The number of nitrogens with one attached hydrogen (secondary N) is 2. The van der Waals surface area contributed by atoms with Gasteiger partial charge in [0.1, 0.15) is 5.75 Å². The number of carbonyl (C=O) groups is 1. The van der Waals surface area contributed by atoms with E-state index in [0.717, 1.165) is 0 Å². The van der Waals surface area contributed by atoms with Crippen molar-refractivity contribution in [2.45, 2.75) is 33.4 Å². The van der Waals surface area contributed by atoms with Gasteiger partial charge in [-0.05, 0) is 17.9 Å². The molecule has 3 N–H and O–H groups in total. The number of ether oxygens (including phenoxy) is 1. The Hall–Kier alpha value is -1.89. The van der Waals surface area contributed by atoms with Crippen molar-refractivity contribution in [3.8, 4) is 5.75 Å². The van der Waals surface area contributed by atoms with Gasteiger partial charge in [-0.25, -0.2) is 4.79 Å². The van der Waals surface area contributed by atoms with E-state index in [1.807, 2.05) is 13.8 Å². The van der Waals surface area contributed by atoms with Crippen LogP contribution in [0.25, 0.3) is 0 Å². The highest BCUT2D eigenvalue weighted by molar-refractivity contribution is 5.73. The van der Waals surface area contributed by atoms with Gasteiger partial charge >= 0.3 is 12.6 Å². The van der Waals surface area contributed by atoms with Crippen LogP contribution in [0.1, 0.15) is 25.8 Å². The molecule has 0 bridgehead atoms. The lowest BCUT2D eigenvalue weighted by molar-refractivity contribution is -0.0504. The summed E-state index contributed by atoms with van der Waals surface area (Å²) in [5, 5.41) is 14.2. The van der Waals surface area contributed by atoms with E-state index in [4.69, 9.17) is 5.11 Å². The predicted octanol–water partition coefficient (Wildman–Crippen LogP) is 2.50. The number of aliphatic hydroxyl groups is 1. The zero-order valence-electron chi connectivity index (χ0n) is 12.7. The molecular formula is C15H22F2N2O3. The van der Waals surface area contributed by atoms with E-state index < -0.39 is 12.6 Å². The minimum Gasteiger partial charge on any atom is -0.434 e. The molecule has 0 atom stereocenters. The molecule has 0 aliphatic carbocycles. The standard InChI is InChI=1S/C15H22F2N2O3/c1-15(2,7-8-20)10-19-14(21)18-9-11-5-3-4-6-12(11)22-13(16)17/h3-6,13,20H,7-10H2,1-2H3,(H2,18,19,21). The zero-order valence-corrected chi connectivity index (χ0v) is 12.7. The number of hydrogen-bond donors (Lipinski definition) is 3. The number of urea groups is 1. The molecule has 0 aliphatic rings. The summed E-state index contributed by atoms with van der Waals surface area (Å²) in [6.45, 7) is 1.47. The third kappa shape index (κ3) is 6.71. The first kappa shape index (κ1) is 18.2. The Kier molecular flexibility index (Phi) is 7.04. The summed E-state index contributed by atoms with van der Waals surface area (Å²) in [6.07, 6.45) is 0.568. The monoisotopic (exact) mass is 316 g/mol. The minimum absolute atomic E-state index is 0.0402. The van der Waals surface area contributed by atoms with Crippen molar-refractivity contribution in [2.75, 3.05) is 13.2 Å². The first-order valence-electron chi connectivity index (χ1n) is 6.99. The van der Waals surface area contributed by atoms with E-state index in [1.165, 1.54) is 6.07 Å². The number of amides is 2. The van der Waals surface area contributed by atoms with Crippen LogP contribution >= 0.6 is 0 Å². The van der Waals surface area contributed by atoms with Crippen molar-refractivity contribution in [1.29, 1.82) is 0 Å². The summed E-state index contributed by atoms with van der Waals surface area (Å²) in [6, 6.07) is 5.88. The number of carbonyl (C=O) groups excluding carboxylic acids is 1. The maximum absolute atomic E-state index is 12.3. The molecule has 2 amide bonds. The SMILES string of the molecule is CC(C)(CCO)CNC(=O)NCc1ccccc1OC(F)F. The van der Waals surface area contributed by atoms with Gasteiger partial charge in [-0.15, -0.1) is 0 Å². The Balaban J connectivity index is 2.47. The molecule has 0 saturated carbocycles. The maximum Gasteiger partial charge on any atom is 0.387 e. The van der Waals surface area contributed by atoms with Gasteiger partial charge in [0.15, 0.2) is 0 Å². The molecule has 0 radical (unpaired) electrons. The first-order valence-corrected chi connectivity index (χ1v) is 6.99. The predicted molar refractivity (Wildman–Crippen MR) is 78.8 cm³/mol. The third-order valence-corrected chi connectivity index (χ3v) is 3.14. The number of halogens is 2. The van der Waals surface area contributed by atoms with Crippen LogP contribution in [0.5, 0.6) is 5.75 Å². The second-order valence-corrected chi connectivity index (χ2v) is 5.66. The summed E-state index contributed by atoms with van der Waals surface area (Å²) < 4.78 is 29.0. The average molecular weight is 316 g/mol. The third-order valence-electron chi connectivity index (χ3n) is 3.14. The Morgan fingerprint density at radius 2 is 2.00 bits per heavy atom. The molecule has 7 heteroatoms. The van der Waals surface area contributed by atoms with Crippen LogP contribution in [0.15, 0.2) is 24.3 Å². The van der Waals surface area contributed by atoms with Crippen molar-refractivity contribution in [3.63, 3.8) is 0 Å². The molecule has 0 heterocycles. The van der Waals surface area contributed by atoms with E-state index in [9.17, 15) is 13.6 Å². The van der Waals surface area contributed by atoms with Crippen molar-refractivity contribution in [2.24, 2.45) is 5.41 Å². The first-order chi connectivity index (χ1) is 10.3. The average Bonchev–Trinajstić information content (AvgIpc) is 2.43. The zero-order chi connectivity index (χ0) is 16.6. The van der Waals surface area contributed by atoms with Crippen molar-refractivity contribution in [1.82, 2.24) is 10.6 Å². The van der Waals surface area contributed by atoms with Crippen LogP contribution in [-0.4, -0.2) is 30.9 Å². The molecule has 124 valence electrons. The van der Waals surface area contributed by atoms with Crippen LogP contribution < -0.4 is 15.4 Å². The van der Waals surface area contributed by atoms with E-state index in [2.05, 4.69) is 15.4 Å². The summed E-state index contributed by atoms with van der Waals surface area (Å²) >= 11 is 0. The number of hydrogen-bond acceptors (Lipinski definition) is 3. The number of rotatable bonds is 8. The van der Waals surface area contributed by atoms with Crippen molar-refractivity contribution >= 4 is 6.03 Å². The quantitative estimate of drug-likeness (QED) is 0.690. The molecule has 0 unspecified atom stereocenters. The van der Waals surface area contributed by atoms with Crippen molar-refractivity contribution < 1.29 is 23.4 Å². The lowest BCUT2D eigenvalue weighted by Crippen LogP contribution is -2.40. The number of para-hydroxylation sites is 1. The second-order valence-electron chi connectivity index (χ2n) is 5.66. The molecule has 0 fully saturated rings. The fourth-order valence-electron chi connectivity index (χ4n) is 1.81. The largest absolute Gasteiger partial charge is 0.434 e. The summed E-state index contributed by atoms with van der Waals surface area (Å²) in [7, 11) is 0. The van der Waals surface area contributed by atoms with E-state index >= 15 is 0 Å². The molecule has 5 nitrogen and oxygen atoms in total. The van der Waals surface area contributed by atoms with Crippen molar-refractivity contribution in [3.05, 3.63) is 29.8 Å². The molecule has 0 aromatic heterocycles. The van der Waals surface area contributed by atoms with Gasteiger partial charge in [-0.1, -0.05) is 32.0 Å². The van der Waals surface area contributed by atoms with Gasteiger partial charge in [0, 0.05) is 25.3 Å². The Morgan fingerprint density at radius 3 is 2.64 bits per heavy atom. The maximum atomic E-state index is 12.3. The second kappa shape index (κ2) is 8.53. The molecule has 0 saturated heterocycles. The number of aliphatic hydroxyl groups excluding tert-OH is 1. The summed E-state index contributed by atoms with van der Waals surface area (Å²) in [5.74, 6) is 0.0402. The normalized spacial score (nSPS) is 11.4. The van der Waals surface area contributed by atoms with Gasteiger partial charge in [-0.2, -0.15) is 8.78 Å². The molecule has 0 aliphatic heterocycles. The lowest BCUT2D eigenvalue weighted by atomic mass is 9.90. The Bertz CT molecular complexity index is 482. The molecule has 0 spiro atoms. The van der Waals surface area contributed by atoms with Gasteiger partial charge in [0.25, 0.3) is 0 Å². The highest BCUT2D eigenvalue weighted by atomic mass is 19.3. The fourth-order valence-corrected chi connectivity index (χ4v) is 1.81. The van der Waals surface area contributed by atoms with Crippen LogP contribution in [0.2, 0.25) is 0 Å². The van der Waals surface area contributed by atoms with Gasteiger partial charge in [0.2, 0.25) is 0 Å². The summed E-state index contributed by atoms with van der Waals surface area (Å²) in [5.41, 5.74) is 0.246. The Morgan fingerprint density at radius 1 is 1.32 bits per heavy atom. The van der Waals surface area contributed by atoms with Crippen LogP contribution in [-0.2, 0) is 6.54 Å². The molecule has 1 rings (SSSR count). The van der Waals surface area contributed by atoms with Gasteiger partial charge in [0.05, 0.1) is 0 Å². The smallest absolute Gasteiger partial charge is 0.387 e. The van der Waals surface area contributed by atoms with Crippen LogP contribution in [0.3, 0.4) is 0 Å². The van der Waals surface area contributed by atoms with Gasteiger partial charge < -0.3 is 20.5 Å². The van der Waals surface area contributed by atoms with E-state index in [0.29, 0.717) is 18.5 Å². The highest BCUT2D eigenvalue weighted by Gasteiger charge is 2.18. The highest BCUT2D eigenvalue weighted by Crippen LogP contribution is 2.20. The minimum atomic E-state index is -2.91. The van der Waals surface area contributed by atoms with Crippen LogP contribution in [0.4, 0.5) is 13.6 Å². The Labute approximate surface area is 128 Å². The van der Waals surface area contributed by atoms with Crippen LogP contribution in [0, 0.1) is 5.41 Å². The topological polar surface area (TPSA) is 70.6 Å². The van der Waals surface area contributed by atoms with E-state index in [1.54, 1.807) is 18.2 Å². The lowest BCUT2D eigenvalue weighted by Gasteiger charge is -2.23. The fraction of sp³-hybridized carbons (Fsp3) is 0.533. The number of benzene rings is 1. The number of alkyl halides is 2. The summed E-state index contributed by atoms with van der Waals surface area (Å²) in [4.78, 5) is 11.7. The molecular weight excluding hydrogens is 294 g/mol. The van der Waals surface area contributed by atoms with E-state index in [-0.39, 0.29) is 24.3 Å². The molecule has 22 heavy (non-hydrogen) atoms.